The van der Waals surface area contributed by atoms with Gasteiger partial charge in [0.05, 0.1) is 30.0 Å². The Hall–Kier alpha value is -2.09. The van der Waals surface area contributed by atoms with Gasteiger partial charge in [-0.1, -0.05) is 15.9 Å². The predicted octanol–water partition coefficient (Wildman–Crippen LogP) is 3.12. The third-order valence-electron chi connectivity index (χ3n) is 3.59. The van der Waals surface area contributed by atoms with Crippen molar-refractivity contribution >= 4 is 32.8 Å². The summed E-state index contributed by atoms with van der Waals surface area (Å²) in [5.74, 6) is 0.595. The van der Waals surface area contributed by atoms with Gasteiger partial charge in [-0.05, 0) is 33.3 Å². The van der Waals surface area contributed by atoms with Gasteiger partial charge in [0.2, 0.25) is 0 Å². The van der Waals surface area contributed by atoms with E-state index in [1.165, 1.54) is 18.0 Å². The second kappa shape index (κ2) is 8.53. The van der Waals surface area contributed by atoms with Gasteiger partial charge in [-0.25, -0.2) is 4.98 Å². The van der Waals surface area contributed by atoms with Crippen LogP contribution in [0.5, 0.6) is 11.5 Å². The molecule has 0 aliphatic carbocycles. The number of alkyl halides is 1. The molecule has 0 saturated heterocycles. The molecule has 0 unspecified atom stereocenters. The lowest BCUT2D eigenvalue weighted by molar-refractivity contribution is -0.157. The van der Waals surface area contributed by atoms with Gasteiger partial charge >= 0.3 is 5.97 Å². The molecule has 1 aromatic heterocycles. The van der Waals surface area contributed by atoms with Crippen LogP contribution in [0.4, 0.5) is 0 Å². The summed E-state index contributed by atoms with van der Waals surface area (Å²) in [6, 6.07) is 3.27. The molecule has 0 bridgehead atoms. The number of hydrogen-bond donors (Lipinski definition) is 0. The molecule has 26 heavy (non-hydrogen) atoms. The highest BCUT2D eigenvalue weighted by molar-refractivity contribution is 9.09. The fourth-order valence-corrected chi connectivity index (χ4v) is 2.34. The monoisotopic (exact) mass is 426 g/mol. The van der Waals surface area contributed by atoms with Crippen LogP contribution in [0.3, 0.4) is 0 Å². The Morgan fingerprint density at radius 2 is 2.00 bits per heavy atom. The fourth-order valence-electron chi connectivity index (χ4n) is 2.11. The van der Waals surface area contributed by atoms with E-state index >= 15 is 0 Å². The maximum absolute atomic E-state index is 12.7. The number of carbonyl (C=O) groups is 1. The van der Waals surface area contributed by atoms with Crippen molar-refractivity contribution in [2.45, 2.75) is 33.9 Å². The number of halogens is 1. The number of methoxy groups -OCH3 is 1. The Bertz CT molecular complexity index is 842. The molecule has 0 aliphatic heterocycles. The van der Waals surface area contributed by atoms with E-state index in [1.807, 2.05) is 0 Å². The number of carbonyl (C=O) groups excluding carboxylic acids is 1. The summed E-state index contributed by atoms with van der Waals surface area (Å²) in [6.45, 7) is 5.58. The first-order valence-corrected chi connectivity index (χ1v) is 9.33. The van der Waals surface area contributed by atoms with E-state index in [0.29, 0.717) is 29.0 Å². The van der Waals surface area contributed by atoms with E-state index < -0.39 is 11.4 Å². The average molecular weight is 427 g/mol. The van der Waals surface area contributed by atoms with Gasteiger partial charge < -0.3 is 14.2 Å². The van der Waals surface area contributed by atoms with Crippen LogP contribution in [-0.2, 0) is 16.3 Å². The lowest BCUT2D eigenvalue weighted by Gasteiger charge is -2.17. The molecule has 8 heteroatoms. The zero-order valence-electron chi connectivity index (χ0n) is 15.4. The summed E-state index contributed by atoms with van der Waals surface area (Å²) in [4.78, 5) is 28.8. The first-order chi connectivity index (χ1) is 12.3. The molecule has 2 rings (SSSR count). The van der Waals surface area contributed by atoms with Crippen LogP contribution in [0.25, 0.3) is 10.9 Å². The number of rotatable bonds is 7. The first-order valence-electron chi connectivity index (χ1n) is 8.21. The molecule has 142 valence electrons. The standard InChI is InChI=1S/C18H23BrN2O5/c1-18(2,3)17(23)26-11-21-10-20-13-9-15(25-7-5-6-19)14(24-4)8-12(13)16(21)22/h8-10H,5-7,11H2,1-4H3. The molecule has 0 aliphatic rings. The Labute approximate surface area is 160 Å². The van der Waals surface area contributed by atoms with E-state index in [2.05, 4.69) is 20.9 Å². The summed E-state index contributed by atoms with van der Waals surface area (Å²) < 4.78 is 17.5. The third kappa shape index (κ3) is 4.75. The lowest BCUT2D eigenvalue weighted by Crippen LogP contribution is -2.28. The predicted molar refractivity (Wildman–Crippen MR) is 102 cm³/mol. The summed E-state index contributed by atoms with van der Waals surface area (Å²) in [6.07, 6.45) is 2.20. The van der Waals surface area contributed by atoms with Gasteiger partial charge in [0, 0.05) is 11.4 Å². The van der Waals surface area contributed by atoms with Crippen molar-refractivity contribution in [3.8, 4) is 11.5 Å². The molecule has 2 aromatic rings. The number of hydrogen-bond acceptors (Lipinski definition) is 6. The van der Waals surface area contributed by atoms with Crippen molar-refractivity contribution < 1.29 is 19.0 Å². The van der Waals surface area contributed by atoms with E-state index in [9.17, 15) is 9.59 Å². The number of esters is 1. The van der Waals surface area contributed by atoms with Crippen molar-refractivity contribution in [1.82, 2.24) is 9.55 Å². The van der Waals surface area contributed by atoms with Gasteiger partial charge in [-0.2, -0.15) is 0 Å². The maximum atomic E-state index is 12.7. The Morgan fingerprint density at radius 3 is 2.62 bits per heavy atom. The van der Waals surface area contributed by atoms with Gasteiger partial charge in [0.1, 0.15) is 6.33 Å². The van der Waals surface area contributed by atoms with Crippen LogP contribution in [-0.4, -0.2) is 34.6 Å². The third-order valence-corrected chi connectivity index (χ3v) is 4.15. The van der Waals surface area contributed by atoms with Crippen LogP contribution in [0.1, 0.15) is 27.2 Å². The number of ether oxygens (including phenoxy) is 3. The topological polar surface area (TPSA) is 79.7 Å². The van der Waals surface area contributed by atoms with E-state index in [-0.39, 0.29) is 12.3 Å². The number of nitrogens with zero attached hydrogens (tertiary/aromatic N) is 2. The quantitative estimate of drug-likeness (QED) is 0.384. The van der Waals surface area contributed by atoms with Crippen molar-refractivity contribution in [1.29, 1.82) is 0 Å². The summed E-state index contributed by atoms with van der Waals surface area (Å²) in [5, 5.41) is 1.20. The van der Waals surface area contributed by atoms with Crippen LogP contribution in [0.2, 0.25) is 0 Å². The molecule has 0 radical (unpaired) electrons. The largest absolute Gasteiger partial charge is 0.493 e. The Morgan fingerprint density at radius 1 is 1.27 bits per heavy atom. The number of benzene rings is 1. The van der Waals surface area contributed by atoms with E-state index in [0.717, 1.165) is 11.8 Å². The highest BCUT2D eigenvalue weighted by atomic mass is 79.9. The minimum atomic E-state index is -0.640. The van der Waals surface area contributed by atoms with Crippen LogP contribution >= 0.6 is 15.9 Å². The zero-order chi connectivity index (χ0) is 19.3. The minimum absolute atomic E-state index is 0.191. The maximum Gasteiger partial charge on any atom is 0.312 e. The van der Waals surface area contributed by atoms with Gasteiger partial charge in [-0.15, -0.1) is 0 Å². The smallest absolute Gasteiger partial charge is 0.312 e. The highest BCUT2D eigenvalue weighted by Gasteiger charge is 2.23. The fraction of sp³-hybridized carbons (Fsp3) is 0.500. The number of aromatic nitrogens is 2. The van der Waals surface area contributed by atoms with Crippen molar-refractivity contribution in [3.63, 3.8) is 0 Å². The molecule has 1 aromatic carbocycles. The molecule has 7 nitrogen and oxygen atoms in total. The Balaban J connectivity index is 2.31. The molecule has 0 saturated carbocycles. The average Bonchev–Trinajstić information content (AvgIpc) is 2.60. The summed E-state index contributed by atoms with van der Waals surface area (Å²) >= 11 is 3.35. The normalized spacial score (nSPS) is 11.4. The molecule has 0 atom stereocenters. The van der Waals surface area contributed by atoms with Crippen molar-refractivity contribution in [2.24, 2.45) is 5.41 Å². The molecular formula is C18H23BrN2O5. The molecule has 0 N–H and O–H groups in total. The van der Waals surface area contributed by atoms with Gasteiger partial charge in [0.15, 0.2) is 18.2 Å². The van der Waals surface area contributed by atoms with Crippen molar-refractivity contribution in [2.75, 3.05) is 19.0 Å². The zero-order valence-corrected chi connectivity index (χ0v) is 17.0. The molecule has 0 spiro atoms. The molecule has 0 fully saturated rings. The van der Waals surface area contributed by atoms with E-state index in [4.69, 9.17) is 14.2 Å². The second-order valence-corrected chi connectivity index (χ2v) is 7.53. The minimum Gasteiger partial charge on any atom is -0.493 e. The Kier molecular flexibility index (Phi) is 6.63. The summed E-state index contributed by atoms with van der Waals surface area (Å²) in [5.41, 5.74) is -0.469. The molecular weight excluding hydrogens is 404 g/mol. The van der Waals surface area contributed by atoms with Crippen molar-refractivity contribution in [3.05, 3.63) is 28.8 Å². The summed E-state index contributed by atoms with van der Waals surface area (Å²) in [7, 11) is 1.51. The van der Waals surface area contributed by atoms with E-state index in [1.54, 1.807) is 32.9 Å². The second-order valence-electron chi connectivity index (χ2n) is 6.74. The lowest BCUT2D eigenvalue weighted by atomic mass is 9.98. The molecule has 1 heterocycles. The number of fused-ring (bicyclic) bond motifs is 1. The highest BCUT2D eigenvalue weighted by Crippen LogP contribution is 2.30. The van der Waals surface area contributed by atoms with Crippen LogP contribution in [0.15, 0.2) is 23.3 Å². The van der Waals surface area contributed by atoms with Gasteiger partial charge in [-0.3, -0.25) is 14.2 Å². The van der Waals surface area contributed by atoms with Crippen LogP contribution in [0, 0.1) is 5.41 Å². The van der Waals surface area contributed by atoms with Crippen LogP contribution < -0.4 is 15.0 Å². The molecule has 0 amide bonds. The SMILES string of the molecule is COc1cc2c(=O)n(COC(=O)C(C)(C)C)cnc2cc1OCCCBr. The first kappa shape index (κ1) is 20.2. The van der Waals surface area contributed by atoms with Gasteiger partial charge in [0.25, 0.3) is 5.56 Å².